The highest BCUT2D eigenvalue weighted by Gasteiger charge is 2.35. The van der Waals surface area contributed by atoms with Gasteiger partial charge in [-0.2, -0.15) is 0 Å². The smallest absolute Gasteiger partial charge is 0.338 e. The molecule has 0 saturated carbocycles. The Labute approximate surface area is 193 Å². The van der Waals surface area contributed by atoms with E-state index in [9.17, 15) is 14.0 Å². The fraction of sp³-hybridized carbons (Fsp3) is 0.261. The van der Waals surface area contributed by atoms with Crippen molar-refractivity contribution in [2.45, 2.75) is 25.3 Å². The molecular weight excluding hydrogens is 449 g/mol. The lowest BCUT2D eigenvalue weighted by atomic mass is 9.81. The van der Waals surface area contributed by atoms with E-state index in [1.165, 1.54) is 24.5 Å². The summed E-state index contributed by atoms with van der Waals surface area (Å²) in [5.74, 6) is -1.53. The van der Waals surface area contributed by atoms with Gasteiger partial charge in [-0.1, -0.05) is 0 Å². The summed E-state index contributed by atoms with van der Waals surface area (Å²) in [7, 11) is 1.50. The summed E-state index contributed by atoms with van der Waals surface area (Å²) in [6.07, 6.45) is 2.52. The number of anilines is 1. The maximum absolute atomic E-state index is 14.1. The molecule has 172 valence electrons. The van der Waals surface area contributed by atoms with Gasteiger partial charge in [-0.3, -0.25) is 4.79 Å². The lowest BCUT2D eigenvalue weighted by Gasteiger charge is -2.37. The van der Waals surface area contributed by atoms with E-state index in [4.69, 9.17) is 14.6 Å². The minimum Gasteiger partial charge on any atom is -0.493 e. The number of ether oxygens (including phenoxy) is 2. The van der Waals surface area contributed by atoms with Crippen LogP contribution in [0.25, 0.3) is 0 Å². The first-order chi connectivity index (χ1) is 15.8. The van der Waals surface area contributed by atoms with Gasteiger partial charge in [-0.05, 0) is 48.7 Å². The Balaban J connectivity index is 1.64. The summed E-state index contributed by atoms with van der Waals surface area (Å²) in [6, 6.07) is 7.17. The average molecular weight is 472 g/mol. The fourth-order valence-corrected chi connectivity index (χ4v) is 4.46. The van der Waals surface area contributed by atoms with E-state index in [2.05, 4.69) is 15.6 Å². The summed E-state index contributed by atoms with van der Waals surface area (Å²) >= 11 is 1.34. The normalized spacial score (nSPS) is 17.2. The zero-order chi connectivity index (χ0) is 23.6. The number of aromatic carboxylic acids is 1. The second-order valence-corrected chi connectivity index (χ2v) is 8.67. The molecule has 2 aromatic carbocycles. The van der Waals surface area contributed by atoms with Gasteiger partial charge in [0.05, 0.1) is 12.7 Å². The largest absolute Gasteiger partial charge is 0.493 e. The molecule has 1 atom stereocenters. The van der Waals surface area contributed by atoms with Crippen LogP contribution >= 0.6 is 11.3 Å². The lowest BCUT2D eigenvalue weighted by Crippen LogP contribution is -2.47. The zero-order valence-electron chi connectivity index (χ0n) is 18.0. The molecular formula is C23H22FN3O5S. The average Bonchev–Trinajstić information content (AvgIpc) is 3.26. The van der Waals surface area contributed by atoms with Crippen molar-refractivity contribution in [2.75, 3.05) is 19.0 Å². The number of benzene rings is 2. The highest BCUT2D eigenvalue weighted by atomic mass is 32.1. The topological polar surface area (TPSA) is 110 Å². The first-order valence-corrected chi connectivity index (χ1v) is 11.0. The number of carbonyl (C=O) groups is 2. The number of fused-ring (bicyclic) bond motifs is 1. The minimum absolute atomic E-state index is 0.128. The molecule has 3 N–H and O–H groups in total. The van der Waals surface area contributed by atoms with Crippen molar-refractivity contribution in [3.63, 3.8) is 0 Å². The molecule has 3 aromatic rings. The van der Waals surface area contributed by atoms with E-state index in [1.807, 2.05) is 13.0 Å². The van der Waals surface area contributed by atoms with Crippen molar-refractivity contribution in [1.29, 1.82) is 0 Å². The zero-order valence-corrected chi connectivity index (χ0v) is 18.8. The van der Waals surface area contributed by atoms with Crippen LogP contribution in [0, 0.1) is 5.82 Å². The molecule has 10 heteroatoms. The van der Waals surface area contributed by atoms with E-state index >= 15 is 0 Å². The lowest BCUT2D eigenvalue weighted by molar-refractivity contribution is -0.117. The van der Waals surface area contributed by atoms with E-state index in [0.717, 1.165) is 29.7 Å². The van der Waals surface area contributed by atoms with Gasteiger partial charge < -0.3 is 25.2 Å². The SMILES string of the molecule is COc1cc2c(cc1Oc1ccc(C(=O)O)c(F)c1)C(C)(CC(=O)Nc1nccs1)NCC2. The van der Waals surface area contributed by atoms with Crippen LogP contribution in [0.15, 0.2) is 41.9 Å². The summed E-state index contributed by atoms with van der Waals surface area (Å²) in [6.45, 7) is 2.61. The highest BCUT2D eigenvalue weighted by Crippen LogP contribution is 2.41. The Morgan fingerprint density at radius 1 is 1.30 bits per heavy atom. The van der Waals surface area contributed by atoms with Crippen molar-refractivity contribution in [1.82, 2.24) is 10.3 Å². The number of aromatic nitrogens is 1. The van der Waals surface area contributed by atoms with E-state index < -0.39 is 22.9 Å². The molecule has 2 heterocycles. The Hall–Kier alpha value is -3.50. The maximum atomic E-state index is 14.1. The Morgan fingerprint density at radius 2 is 2.12 bits per heavy atom. The minimum atomic E-state index is -1.36. The number of nitrogens with one attached hydrogen (secondary N) is 2. The van der Waals surface area contributed by atoms with Crippen LogP contribution in [-0.2, 0) is 16.8 Å². The number of methoxy groups -OCH3 is 1. The third kappa shape index (κ3) is 4.81. The van der Waals surface area contributed by atoms with Crippen molar-refractivity contribution >= 4 is 28.3 Å². The van der Waals surface area contributed by atoms with Gasteiger partial charge in [0.25, 0.3) is 0 Å². The van der Waals surface area contributed by atoms with Crippen LogP contribution in [0.4, 0.5) is 9.52 Å². The Bertz CT molecular complexity index is 1200. The van der Waals surface area contributed by atoms with Gasteiger partial charge in [0, 0.05) is 36.1 Å². The van der Waals surface area contributed by atoms with Crippen LogP contribution in [0.2, 0.25) is 0 Å². The van der Waals surface area contributed by atoms with Crippen LogP contribution in [-0.4, -0.2) is 35.6 Å². The van der Waals surface area contributed by atoms with Crippen LogP contribution in [0.1, 0.15) is 34.8 Å². The third-order valence-corrected chi connectivity index (χ3v) is 6.17. The summed E-state index contributed by atoms with van der Waals surface area (Å²) in [5, 5.41) is 17.6. The van der Waals surface area contributed by atoms with Crippen LogP contribution in [0.5, 0.6) is 17.2 Å². The molecule has 1 aliphatic heterocycles. The molecule has 0 bridgehead atoms. The Kier molecular flexibility index (Phi) is 6.30. The molecule has 1 amide bonds. The standard InChI is InChI=1S/C23H22FN3O5S/c1-23(12-20(28)27-22-25-7-8-33-22)16-11-19(18(31-2)9-13(16)5-6-26-23)32-14-3-4-15(21(29)30)17(24)10-14/h3-4,7-11,26H,5-6,12H2,1-2H3,(H,29,30)(H,25,27,28). The number of halogens is 1. The van der Waals surface area contributed by atoms with Gasteiger partial charge in [0.15, 0.2) is 16.6 Å². The van der Waals surface area contributed by atoms with E-state index in [-0.39, 0.29) is 18.1 Å². The number of hydrogen-bond acceptors (Lipinski definition) is 7. The first-order valence-electron chi connectivity index (χ1n) is 10.2. The Morgan fingerprint density at radius 3 is 2.79 bits per heavy atom. The van der Waals surface area contributed by atoms with Crippen molar-refractivity contribution < 1.29 is 28.6 Å². The van der Waals surface area contributed by atoms with Gasteiger partial charge in [0.2, 0.25) is 5.91 Å². The van der Waals surface area contributed by atoms with Gasteiger partial charge in [-0.15, -0.1) is 11.3 Å². The van der Waals surface area contributed by atoms with Crippen molar-refractivity contribution in [3.8, 4) is 17.2 Å². The maximum Gasteiger partial charge on any atom is 0.338 e. The highest BCUT2D eigenvalue weighted by molar-refractivity contribution is 7.13. The number of carbonyl (C=O) groups excluding carboxylic acids is 1. The molecule has 0 fully saturated rings. The third-order valence-electron chi connectivity index (χ3n) is 5.48. The number of hydrogen-bond donors (Lipinski definition) is 3. The molecule has 1 aliphatic rings. The molecule has 8 nitrogen and oxygen atoms in total. The van der Waals surface area contributed by atoms with Crippen LogP contribution < -0.4 is 20.1 Å². The van der Waals surface area contributed by atoms with Gasteiger partial charge in [-0.25, -0.2) is 14.2 Å². The van der Waals surface area contributed by atoms with Crippen molar-refractivity contribution in [2.24, 2.45) is 0 Å². The number of carboxylic acids is 1. The summed E-state index contributed by atoms with van der Waals surface area (Å²) in [4.78, 5) is 27.8. The predicted molar refractivity (Wildman–Crippen MR) is 121 cm³/mol. The molecule has 0 saturated heterocycles. The second kappa shape index (κ2) is 9.16. The molecule has 4 rings (SSSR count). The quantitative estimate of drug-likeness (QED) is 0.474. The summed E-state index contributed by atoms with van der Waals surface area (Å²) < 4.78 is 25.5. The van der Waals surface area contributed by atoms with Gasteiger partial charge in [0.1, 0.15) is 11.6 Å². The second-order valence-electron chi connectivity index (χ2n) is 7.78. The molecule has 33 heavy (non-hydrogen) atoms. The van der Waals surface area contributed by atoms with E-state index in [1.54, 1.807) is 17.6 Å². The van der Waals surface area contributed by atoms with Crippen LogP contribution in [0.3, 0.4) is 0 Å². The number of amides is 1. The monoisotopic (exact) mass is 471 g/mol. The molecule has 1 unspecified atom stereocenters. The number of nitrogens with zero attached hydrogens (tertiary/aromatic N) is 1. The first kappa shape index (κ1) is 22.7. The summed E-state index contributed by atoms with van der Waals surface area (Å²) in [5.41, 5.74) is 0.747. The van der Waals surface area contributed by atoms with E-state index in [0.29, 0.717) is 23.2 Å². The number of thiazole rings is 1. The predicted octanol–water partition coefficient (Wildman–Crippen LogP) is 4.17. The molecule has 0 spiro atoms. The number of rotatable bonds is 7. The molecule has 0 radical (unpaired) electrons. The molecule has 0 aliphatic carbocycles. The molecule has 1 aromatic heterocycles. The fourth-order valence-electron chi connectivity index (χ4n) is 3.92. The van der Waals surface area contributed by atoms with Gasteiger partial charge >= 0.3 is 5.97 Å². The number of carboxylic acid groups (broad SMARTS) is 1. The van der Waals surface area contributed by atoms with Crippen molar-refractivity contribution in [3.05, 3.63) is 64.4 Å².